The minimum atomic E-state index is -3.62. The van der Waals surface area contributed by atoms with Gasteiger partial charge in [0, 0.05) is 23.0 Å². The first-order chi connectivity index (χ1) is 13.4. The van der Waals surface area contributed by atoms with E-state index in [1.165, 1.54) is 32.4 Å². The zero-order valence-corrected chi connectivity index (χ0v) is 16.8. The van der Waals surface area contributed by atoms with Crippen LogP contribution in [0.1, 0.15) is 10.4 Å². The SMILES string of the molecule is COc1ccc(NC(=O)c2ccc(NS(=O)(=O)c3cccs3)cc2)cc1OC. The van der Waals surface area contributed by atoms with Crippen LogP contribution in [0.4, 0.5) is 11.4 Å². The number of benzene rings is 2. The Balaban J connectivity index is 1.70. The first-order valence-electron chi connectivity index (χ1n) is 8.13. The molecule has 1 heterocycles. The van der Waals surface area contributed by atoms with Crippen molar-refractivity contribution in [1.29, 1.82) is 0 Å². The van der Waals surface area contributed by atoms with Gasteiger partial charge in [0.1, 0.15) is 4.21 Å². The lowest BCUT2D eigenvalue weighted by atomic mass is 10.2. The van der Waals surface area contributed by atoms with Crippen LogP contribution in [0.2, 0.25) is 0 Å². The van der Waals surface area contributed by atoms with Gasteiger partial charge in [0.25, 0.3) is 15.9 Å². The molecule has 0 radical (unpaired) electrons. The maximum Gasteiger partial charge on any atom is 0.271 e. The number of carbonyl (C=O) groups excluding carboxylic acids is 1. The van der Waals surface area contributed by atoms with E-state index in [2.05, 4.69) is 10.0 Å². The van der Waals surface area contributed by atoms with Crippen molar-refractivity contribution in [2.24, 2.45) is 0 Å². The third kappa shape index (κ3) is 4.44. The highest BCUT2D eigenvalue weighted by atomic mass is 32.2. The van der Waals surface area contributed by atoms with Crippen LogP contribution in [0.5, 0.6) is 11.5 Å². The van der Waals surface area contributed by atoms with E-state index in [1.54, 1.807) is 41.8 Å². The molecule has 28 heavy (non-hydrogen) atoms. The number of anilines is 2. The van der Waals surface area contributed by atoms with Crippen molar-refractivity contribution in [3.8, 4) is 11.5 Å². The van der Waals surface area contributed by atoms with Crippen LogP contribution in [0, 0.1) is 0 Å². The summed E-state index contributed by atoms with van der Waals surface area (Å²) in [6.45, 7) is 0. The quantitative estimate of drug-likeness (QED) is 0.608. The van der Waals surface area contributed by atoms with E-state index in [9.17, 15) is 13.2 Å². The number of thiophene rings is 1. The molecular formula is C19H18N2O5S2. The second kappa shape index (κ2) is 8.32. The number of ether oxygens (including phenoxy) is 2. The molecule has 3 rings (SSSR count). The largest absolute Gasteiger partial charge is 0.493 e. The summed E-state index contributed by atoms with van der Waals surface area (Å²) in [4.78, 5) is 12.4. The van der Waals surface area contributed by atoms with E-state index in [4.69, 9.17) is 9.47 Å². The Morgan fingerprint density at radius 3 is 2.21 bits per heavy atom. The van der Waals surface area contributed by atoms with Gasteiger partial charge in [-0.05, 0) is 47.8 Å². The van der Waals surface area contributed by atoms with Gasteiger partial charge in [-0.25, -0.2) is 8.42 Å². The normalized spacial score (nSPS) is 10.9. The fourth-order valence-corrected chi connectivity index (χ4v) is 4.48. The molecule has 0 unspecified atom stereocenters. The Hall–Kier alpha value is -3.04. The second-order valence-corrected chi connectivity index (χ2v) is 8.50. The van der Waals surface area contributed by atoms with Crippen LogP contribution in [-0.4, -0.2) is 28.5 Å². The van der Waals surface area contributed by atoms with Gasteiger partial charge < -0.3 is 14.8 Å². The van der Waals surface area contributed by atoms with Crippen LogP contribution in [0.3, 0.4) is 0 Å². The van der Waals surface area contributed by atoms with Gasteiger partial charge >= 0.3 is 0 Å². The molecule has 1 aromatic heterocycles. The van der Waals surface area contributed by atoms with Gasteiger partial charge in [-0.2, -0.15) is 0 Å². The van der Waals surface area contributed by atoms with Gasteiger partial charge in [-0.15, -0.1) is 11.3 Å². The molecule has 2 aromatic carbocycles. The molecule has 146 valence electrons. The monoisotopic (exact) mass is 418 g/mol. The molecule has 0 saturated heterocycles. The topological polar surface area (TPSA) is 93.7 Å². The van der Waals surface area contributed by atoms with Crippen LogP contribution in [-0.2, 0) is 10.0 Å². The molecule has 0 atom stereocenters. The van der Waals surface area contributed by atoms with Gasteiger partial charge in [0.15, 0.2) is 11.5 Å². The lowest BCUT2D eigenvalue weighted by Crippen LogP contribution is -2.13. The van der Waals surface area contributed by atoms with Crippen molar-refractivity contribution in [2.45, 2.75) is 4.21 Å². The standard InChI is InChI=1S/C19H18N2O5S2/c1-25-16-10-9-15(12-17(16)26-2)20-19(22)13-5-7-14(8-6-13)21-28(23,24)18-4-3-11-27-18/h3-12,21H,1-2H3,(H,20,22). The van der Waals surface area contributed by atoms with Gasteiger partial charge in [0.2, 0.25) is 0 Å². The van der Waals surface area contributed by atoms with Crippen LogP contribution >= 0.6 is 11.3 Å². The van der Waals surface area contributed by atoms with Crippen molar-refractivity contribution in [1.82, 2.24) is 0 Å². The van der Waals surface area contributed by atoms with Crippen molar-refractivity contribution in [2.75, 3.05) is 24.3 Å². The van der Waals surface area contributed by atoms with Crippen LogP contribution in [0.15, 0.2) is 64.2 Å². The molecule has 0 bridgehead atoms. The molecule has 3 aromatic rings. The first kappa shape index (κ1) is 19.7. The predicted molar refractivity (Wildman–Crippen MR) is 109 cm³/mol. The van der Waals surface area contributed by atoms with E-state index < -0.39 is 10.0 Å². The Bertz CT molecular complexity index is 1060. The third-order valence-corrected chi connectivity index (χ3v) is 6.58. The Kier molecular flexibility index (Phi) is 5.86. The first-order valence-corrected chi connectivity index (χ1v) is 10.5. The lowest BCUT2D eigenvalue weighted by Gasteiger charge is -2.11. The van der Waals surface area contributed by atoms with E-state index in [0.717, 1.165) is 11.3 Å². The minimum Gasteiger partial charge on any atom is -0.493 e. The number of rotatable bonds is 7. The molecule has 9 heteroatoms. The maximum atomic E-state index is 12.4. The maximum absolute atomic E-state index is 12.4. The van der Waals surface area contributed by atoms with Gasteiger partial charge in [-0.1, -0.05) is 6.07 Å². The summed E-state index contributed by atoms with van der Waals surface area (Å²) in [5.74, 6) is 0.724. The minimum absolute atomic E-state index is 0.225. The molecule has 0 aliphatic rings. The number of nitrogens with one attached hydrogen (secondary N) is 2. The number of methoxy groups -OCH3 is 2. The third-order valence-electron chi connectivity index (χ3n) is 3.80. The molecule has 0 aliphatic heterocycles. The summed E-state index contributed by atoms with van der Waals surface area (Å²) in [6, 6.07) is 14.4. The Morgan fingerprint density at radius 1 is 0.929 bits per heavy atom. The highest BCUT2D eigenvalue weighted by Gasteiger charge is 2.15. The molecule has 1 amide bonds. The summed E-state index contributed by atoms with van der Waals surface area (Å²) in [5.41, 5.74) is 1.30. The molecular weight excluding hydrogens is 400 g/mol. The molecule has 0 spiro atoms. The molecule has 0 fully saturated rings. The summed E-state index contributed by atoms with van der Waals surface area (Å²) in [5, 5.41) is 4.45. The molecule has 0 aliphatic carbocycles. The molecule has 0 saturated carbocycles. The van der Waals surface area contributed by atoms with Gasteiger partial charge in [-0.3, -0.25) is 9.52 Å². The van der Waals surface area contributed by atoms with E-state index in [-0.39, 0.29) is 10.1 Å². The van der Waals surface area contributed by atoms with Crippen molar-refractivity contribution in [3.05, 3.63) is 65.5 Å². The lowest BCUT2D eigenvalue weighted by molar-refractivity contribution is 0.102. The predicted octanol–water partition coefficient (Wildman–Crippen LogP) is 3.82. The van der Waals surface area contributed by atoms with Gasteiger partial charge in [0.05, 0.1) is 14.2 Å². The van der Waals surface area contributed by atoms with E-state index in [0.29, 0.717) is 28.4 Å². The smallest absolute Gasteiger partial charge is 0.271 e. The summed E-state index contributed by atoms with van der Waals surface area (Å²) in [6.07, 6.45) is 0. The number of amides is 1. The van der Waals surface area contributed by atoms with E-state index in [1.807, 2.05) is 0 Å². The zero-order chi connectivity index (χ0) is 20.1. The average molecular weight is 418 g/mol. The van der Waals surface area contributed by atoms with E-state index >= 15 is 0 Å². The highest BCUT2D eigenvalue weighted by Crippen LogP contribution is 2.30. The van der Waals surface area contributed by atoms with Crippen molar-refractivity contribution >= 4 is 38.6 Å². The van der Waals surface area contributed by atoms with Crippen molar-refractivity contribution in [3.63, 3.8) is 0 Å². The zero-order valence-electron chi connectivity index (χ0n) is 15.1. The van der Waals surface area contributed by atoms with Crippen LogP contribution < -0.4 is 19.5 Å². The van der Waals surface area contributed by atoms with Crippen LogP contribution in [0.25, 0.3) is 0 Å². The summed E-state index contributed by atoms with van der Waals surface area (Å²) in [7, 11) is -0.578. The number of carbonyl (C=O) groups is 1. The fraction of sp³-hybridized carbons (Fsp3) is 0.105. The van der Waals surface area contributed by atoms with Crippen molar-refractivity contribution < 1.29 is 22.7 Å². The Labute approximate surface area is 167 Å². The number of sulfonamides is 1. The number of hydrogen-bond acceptors (Lipinski definition) is 6. The summed E-state index contributed by atoms with van der Waals surface area (Å²) >= 11 is 1.13. The average Bonchev–Trinajstić information content (AvgIpc) is 3.24. The Morgan fingerprint density at radius 2 is 1.61 bits per heavy atom. The summed E-state index contributed by atoms with van der Waals surface area (Å²) < 4.78 is 37.6. The molecule has 7 nitrogen and oxygen atoms in total. The highest BCUT2D eigenvalue weighted by molar-refractivity contribution is 7.94. The fourth-order valence-electron chi connectivity index (χ4n) is 2.43. The number of hydrogen-bond donors (Lipinski definition) is 2. The second-order valence-electron chi connectivity index (χ2n) is 5.64. The molecule has 2 N–H and O–H groups in total.